The fraction of sp³-hybridized carbons (Fsp3) is 0.529. The van der Waals surface area contributed by atoms with Crippen LogP contribution in [0.2, 0.25) is 0 Å². The molecule has 0 atom stereocenters. The van der Waals surface area contributed by atoms with E-state index in [0.29, 0.717) is 5.92 Å². The first-order valence-electron chi connectivity index (χ1n) is 7.48. The van der Waals surface area contributed by atoms with E-state index in [1.165, 1.54) is 28.6 Å². The van der Waals surface area contributed by atoms with E-state index in [-0.39, 0.29) is 0 Å². The summed E-state index contributed by atoms with van der Waals surface area (Å²) < 4.78 is 2.41. The molecule has 0 aliphatic rings. The number of nitrogens with one attached hydrogen (secondary N) is 1. The Labute approximate surface area is 126 Å². The summed E-state index contributed by atoms with van der Waals surface area (Å²) in [6.45, 7) is 7.66. The van der Waals surface area contributed by atoms with Crippen molar-refractivity contribution in [2.75, 3.05) is 18.6 Å². The van der Waals surface area contributed by atoms with E-state index in [0.717, 1.165) is 19.6 Å². The maximum atomic E-state index is 3.56. The Morgan fingerprint density at radius 2 is 2.05 bits per heavy atom. The van der Waals surface area contributed by atoms with Crippen LogP contribution in [-0.4, -0.2) is 23.1 Å². The first kappa shape index (κ1) is 15.5. The Bertz CT molecular complexity index is 531. The van der Waals surface area contributed by atoms with Crippen LogP contribution in [0.5, 0.6) is 0 Å². The van der Waals surface area contributed by atoms with E-state index >= 15 is 0 Å². The molecule has 1 N–H and O–H groups in total. The topological polar surface area (TPSA) is 17.0 Å². The molecular formula is C17H26N2S. The Morgan fingerprint density at radius 3 is 2.80 bits per heavy atom. The molecule has 0 saturated heterocycles. The number of aryl methyl sites for hydroxylation is 1. The van der Waals surface area contributed by atoms with Gasteiger partial charge in [-0.3, -0.25) is 0 Å². The third kappa shape index (κ3) is 4.03. The van der Waals surface area contributed by atoms with Crippen molar-refractivity contribution in [1.82, 2.24) is 9.88 Å². The maximum absolute atomic E-state index is 3.56. The van der Waals surface area contributed by atoms with Gasteiger partial charge < -0.3 is 9.88 Å². The largest absolute Gasteiger partial charge is 0.347 e. The minimum atomic E-state index is 0.699. The fourth-order valence-electron chi connectivity index (χ4n) is 2.52. The van der Waals surface area contributed by atoms with Gasteiger partial charge in [0.1, 0.15) is 0 Å². The van der Waals surface area contributed by atoms with Crippen molar-refractivity contribution in [2.24, 2.45) is 5.92 Å². The van der Waals surface area contributed by atoms with Crippen LogP contribution in [0.4, 0.5) is 0 Å². The number of hydrogen-bond acceptors (Lipinski definition) is 2. The lowest BCUT2D eigenvalue weighted by Crippen LogP contribution is -2.18. The number of hydrogen-bond donors (Lipinski definition) is 1. The molecule has 0 bridgehead atoms. The van der Waals surface area contributed by atoms with Crippen molar-refractivity contribution >= 4 is 22.7 Å². The van der Waals surface area contributed by atoms with Crippen LogP contribution in [0.1, 0.15) is 25.8 Å². The van der Waals surface area contributed by atoms with Gasteiger partial charge in [-0.2, -0.15) is 11.8 Å². The van der Waals surface area contributed by atoms with Crippen molar-refractivity contribution in [3.05, 3.63) is 36.0 Å². The number of thioether (sulfide) groups is 1. The molecule has 1 heterocycles. The zero-order chi connectivity index (χ0) is 14.4. The molecule has 2 aromatic rings. The summed E-state index contributed by atoms with van der Waals surface area (Å²) in [6, 6.07) is 8.76. The lowest BCUT2D eigenvalue weighted by atomic mass is 10.1. The third-order valence-corrected chi connectivity index (χ3v) is 4.18. The molecule has 0 saturated carbocycles. The average Bonchev–Trinajstić information content (AvgIpc) is 2.78. The van der Waals surface area contributed by atoms with Gasteiger partial charge in [0.05, 0.1) is 0 Å². The molecule has 1 aromatic carbocycles. The minimum absolute atomic E-state index is 0.699. The van der Waals surface area contributed by atoms with Crippen molar-refractivity contribution in [3.8, 4) is 0 Å². The van der Waals surface area contributed by atoms with Crippen molar-refractivity contribution < 1.29 is 0 Å². The molecule has 0 aliphatic heterocycles. The van der Waals surface area contributed by atoms with Crippen LogP contribution in [0.3, 0.4) is 0 Å². The number of fused-ring (bicyclic) bond motifs is 1. The van der Waals surface area contributed by atoms with Crippen molar-refractivity contribution in [2.45, 2.75) is 33.4 Å². The number of benzene rings is 1. The highest BCUT2D eigenvalue weighted by Gasteiger charge is 2.07. The molecule has 0 spiro atoms. The molecule has 2 nitrogen and oxygen atoms in total. The third-order valence-electron chi connectivity index (χ3n) is 3.49. The molecular weight excluding hydrogens is 264 g/mol. The highest BCUT2D eigenvalue weighted by atomic mass is 32.2. The number of para-hydroxylation sites is 1. The van der Waals surface area contributed by atoms with Crippen LogP contribution in [0.15, 0.2) is 30.5 Å². The van der Waals surface area contributed by atoms with Gasteiger partial charge in [0.15, 0.2) is 0 Å². The quantitative estimate of drug-likeness (QED) is 0.736. The minimum Gasteiger partial charge on any atom is -0.347 e. The Balaban J connectivity index is 2.13. The standard InChI is InChI=1S/C17H26N2S/c1-14(2)11-18-12-15-13-19(9-6-10-20-3)17-8-5-4-7-16(15)17/h4-5,7-8,13-14,18H,6,9-12H2,1-3H3. The second-order valence-corrected chi connectivity index (χ2v) is 6.72. The lowest BCUT2D eigenvalue weighted by Gasteiger charge is -2.06. The van der Waals surface area contributed by atoms with E-state index in [1.807, 2.05) is 11.8 Å². The Kier molecular flexibility index (Phi) is 5.99. The van der Waals surface area contributed by atoms with Crippen LogP contribution in [-0.2, 0) is 13.1 Å². The maximum Gasteiger partial charge on any atom is 0.0483 e. The van der Waals surface area contributed by atoms with Gasteiger partial charge in [0.2, 0.25) is 0 Å². The first-order valence-corrected chi connectivity index (χ1v) is 8.88. The van der Waals surface area contributed by atoms with Gasteiger partial charge in [-0.25, -0.2) is 0 Å². The number of nitrogens with zero attached hydrogens (tertiary/aromatic N) is 1. The second-order valence-electron chi connectivity index (χ2n) is 5.74. The van der Waals surface area contributed by atoms with E-state index in [9.17, 15) is 0 Å². The second kappa shape index (κ2) is 7.75. The van der Waals surface area contributed by atoms with Crippen LogP contribution < -0.4 is 5.32 Å². The van der Waals surface area contributed by atoms with Crippen LogP contribution in [0, 0.1) is 5.92 Å². The summed E-state index contributed by atoms with van der Waals surface area (Å²) in [5, 5.41) is 4.95. The molecule has 0 amide bonds. The molecule has 0 aliphatic carbocycles. The van der Waals surface area contributed by atoms with E-state index in [4.69, 9.17) is 0 Å². The van der Waals surface area contributed by atoms with Crippen molar-refractivity contribution in [3.63, 3.8) is 0 Å². The van der Waals surface area contributed by atoms with E-state index in [2.05, 4.69) is 60.4 Å². The monoisotopic (exact) mass is 290 g/mol. The average molecular weight is 290 g/mol. The predicted octanol–water partition coefficient (Wildman–Crippen LogP) is 4.14. The molecule has 1 aromatic heterocycles. The van der Waals surface area contributed by atoms with Crippen LogP contribution >= 0.6 is 11.8 Å². The highest BCUT2D eigenvalue weighted by Crippen LogP contribution is 2.21. The molecule has 0 radical (unpaired) electrons. The Morgan fingerprint density at radius 1 is 1.25 bits per heavy atom. The van der Waals surface area contributed by atoms with Gasteiger partial charge in [0.25, 0.3) is 0 Å². The molecule has 0 unspecified atom stereocenters. The Hall–Kier alpha value is -0.930. The first-order chi connectivity index (χ1) is 9.72. The van der Waals surface area contributed by atoms with Gasteiger partial charge in [-0.1, -0.05) is 32.0 Å². The zero-order valence-electron chi connectivity index (χ0n) is 12.9. The SMILES string of the molecule is CSCCCn1cc(CNCC(C)C)c2ccccc21. The molecule has 110 valence electrons. The summed E-state index contributed by atoms with van der Waals surface area (Å²) in [6.07, 6.45) is 5.74. The van der Waals surface area contributed by atoms with Crippen molar-refractivity contribution in [1.29, 1.82) is 0 Å². The van der Waals surface area contributed by atoms with Gasteiger partial charge in [-0.15, -0.1) is 0 Å². The smallest absolute Gasteiger partial charge is 0.0483 e. The summed E-state index contributed by atoms with van der Waals surface area (Å²) in [7, 11) is 0. The molecule has 2 rings (SSSR count). The van der Waals surface area contributed by atoms with Gasteiger partial charge >= 0.3 is 0 Å². The number of aromatic nitrogens is 1. The van der Waals surface area contributed by atoms with Gasteiger partial charge in [0, 0.05) is 30.2 Å². The molecule has 20 heavy (non-hydrogen) atoms. The number of rotatable bonds is 8. The predicted molar refractivity (Wildman–Crippen MR) is 91.5 cm³/mol. The molecule has 3 heteroatoms. The van der Waals surface area contributed by atoms with E-state index in [1.54, 1.807) is 0 Å². The summed E-state index contributed by atoms with van der Waals surface area (Å²) in [5.74, 6) is 1.93. The summed E-state index contributed by atoms with van der Waals surface area (Å²) in [5.41, 5.74) is 2.79. The lowest BCUT2D eigenvalue weighted by molar-refractivity contribution is 0.552. The normalized spacial score (nSPS) is 11.6. The van der Waals surface area contributed by atoms with E-state index < -0.39 is 0 Å². The summed E-state index contributed by atoms with van der Waals surface area (Å²) >= 11 is 1.92. The fourth-order valence-corrected chi connectivity index (χ4v) is 2.94. The summed E-state index contributed by atoms with van der Waals surface area (Å²) in [4.78, 5) is 0. The van der Waals surface area contributed by atoms with Gasteiger partial charge in [-0.05, 0) is 42.5 Å². The van der Waals surface area contributed by atoms with Crippen LogP contribution in [0.25, 0.3) is 10.9 Å². The highest BCUT2D eigenvalue weighted by molar-refractivity contribution is 7.98. The zero-order valence-corrected chi connectivity index (χ0v) is 13.7. The molecule has 0 fully saturated rings.